The number of rotatable bonds is 5. The van der Waals surface area contributed by atoms with Crippen LogP contribution in [0.5, 0.6) is 0 Å². The van der Waals surface area contributed by atoms with Gasteiger partial charge in [-0.2, -0.15) is 18.2 Å². The molecule has 0 unspecified atom stereocenters. The number of aliphatic hydroxyl groups is 2. The van der Waals surface area contributed by atoms with Gasteiger partial charge in [0.15, 0.2) is 5.82 Å². The zero-order valence-electron chi connectivity index (χ0n) is 12.1. The van der Waals surface area contributed by atoms with Crippen LogP contribution in [0.15, 0.2) is 28.8 Å². The third-order valence-electron chi connectivity index (χ3n) is 3.14. The minimum Gasteiger partial charge on any atom is -0.358 e. The first kappa shape index (κ1) is 17.1. The van der Waals surface area contributed by atoms with Gasteiger partial charge in [0, 0.05) is 17.7 Å². The molecule has 1 aromatic heterocycles. The van der Waals surface area contributed by atoms with E-state index in [2.05, 4.69) is 10.1 Å². The van der Waals surface area contributed by atoms with Gasteiger partial charge in [-0.3, -0.25) is 0 Å². The van der Waals surface area contributed by atoms with Gasteiger partial charge in [-0.1, -0.05) is 24.2 Å². The van der Waals surface area contributed by atoms with E-state index in [9.17, 15) is 13.2 Å². The van der Waals surface area contributed by atoms with Crippen molar-refractivity contribution in [3.8, 4) is 11.5 Å². The quantitative estimate of drug-likeness (QED) is 0.577. The van der Waals surface area contributed by atoms with E-state index in [0.29, 0.717) is 17.8 Å². The van der Waals surface area contributed by atoms with Crippen molar-refractivity contribution in [2.24, 2.45) is 0 Å². The Balaban J connectivity index is 2.14. The van der Waals surface area contributed by atoms with Crippen molar-refractivity contribution in [1.29, 1.82) is 5.41 Å². The summed E-state index contributed by atoms with van der Waals surface area (Å²) in [5.41, 5.74) is 0.114. The van der Waals surface area contributed by atoms with E-state index >= 15 is 0 Å². The lowest BCUT2D eigenvalue weighted by Crippen LogP contribution is -2.46. The van der Waals surface area contributed by atoms with Crippen LogP contribution in [0.2, 0.25) is 0 Å². The molecule has 0 aliphatic rings. The number of aromatic nitrogens is 2. The molecule has 2 rings (SSSR count). The van der Waals surface area contributed by atoms with Crippen molar-refractivity contribution in [3.63, 3.8) is 0 Å². The van der Waals surface area contributed by atoms with Gasteiger partial charge in [-0.15, -0.1) is 0 Å². The van der Waals surface area contributed by atoms with Gasteiger partial charge in [0.2, 0.25) is 0 Å². The summed E-state index contributed by atoms with van der Waals surface area (Å²) in [6.45, 7) is 1.86. The van der Waals surface area contributed by atoms with Crippen molar-refractivity contribution in [3.05, 3.63) is 35.7 Å². The topological polar surface area (TPSA) is 103 Å². The number of aryl methyl sites for hydroxylation is 1. The molecule has 6 nitrogen and oxygen atoms in total. The highest BCUT2D eigenvalue weighted by Gasteiger charge is 2.53. The molecule has 23 heavy (non-hydrogen) atoms. The number of benzene rings is 1. The number of halogens is 3. The van der Waals surface area contributed by atoms with E-state index in [-0.39, 0.29) is 11.5 Å². The highest BCUT2D eigenvalue weighted by Crippen LogP contribution is 2.31. The van der Waals surface area contributed by atoms with Crippen LogP contribution in [0.1, 0.15) is 24.7 Å². The van der Waals surface area contributed by atoms with E-state index in [0.717, 1.165) is 0 Å². The number of alkyl halides is 3. The summed E-state index contributed by atoms with van der Waals surface area (Å²) in [4.78, 5) is 4.10. The molecule has 124 valence electrons. The molecule has 3 N–H and O–H groups in total. The lowest BCUT2D eigenvalue weighted by Gasteiger charge is -2.24. The molecule has 0 spiro atoms. The minimum atomic E-state index is -5.24. The number of nitrogens with one attached hydrogen (secondary N) is 1. The van der Waals surface area contributed by atoms with Gasteiger partial charge in [-0.05, 0) is 17.7 Å². The van der Waals surface area contributed by atoms with Crippen LogP contribution in [-0.2, 0) is 6.42 Å². The zero-order chi connectivity index (χ0) is 17.3. The summed E-state index contributed by atoms with van der Waals surface area (Å²) in [5, 5.41) is 29.3. The summed E-state index contributed by atoms with van der Waals surface area (Å²) >= 11 is 0. The van der Waals surface area contributed by atoms with Crippen LogP contribution in [-0.4, -0.2) is 38.0 Å². The molecule has 1 heterocycles. The summed E-state index contributed by atoms with van der Waals surface area (Å²) in [5.74, 6) is -3.16. The van der Waals surface area contributed by atoms with Crippen molar-refractivity contribution in [2.75, 3.05) is 0 Å². The Hall–Kier alpha value is -2.26. The molecule has 0 aliphatic carbocycles. The Labute approximate surface area is 129 Å². The average molecular weight is 329 g/mol. The molecule has 0 amide bonds. The van der Waals surface area contributed by atoms with Crippen LogP contribution in [0, 0.1) is 5.41 Å². The maximum atomic E-state index is 12.4. The first-order valence-electron chi connectivity index (χ1n) is 6.66. The highest BCUT2D eigenvalue weighted by molar-refractivity contribution is 5.99. The Bertz CT molecular complexity index is 693. The Morgan fingerprint density at radius 3 is 2.30 bits per heavy atom. The third-order valence-corrected chi connectivity index (χ3v) is 3.14. The molecule has 0 saturated heterocycles. The lowest BCUT2D eigenvalue weighted by atomic mass is 10.0. The van der Waals surface area contributed by atoms with Crippen LogP contribution in [0.4, 0.5) is 13.2 Å². The second kappa shape index (κ2) is 6.09. The maximum absolute atomic E-state index is 12.4. The summed E-state index contributed by atoms with van der Waals surface area (Å²) in [6, 6.07) is 5.75. The SMILES string of the molecule is CCc1noc(-c2ccc(C(=N)CC(O)(O)C(F)(F)F)cc2)n1. The predicted molar refractivity (Wildman–Crippen MR) is 73.8 cm³/mol. The number of hydrogen-bond acceptors (Lipinski definition) is 6. The van der Waals surface area contributed by atoms with Crippen LogP contribution in [0.25, 0.3) is 11.5 Å². The van der Waals surface area contributed by atoms with Gasteiger partial charge in [0.25, 0.3) is 11.7 Å². The molecule has 0 saturated carbocycles. The van der Waals surface area contributed by atoms with E-state index in [1.807, 2.05) is 6.92 Å². The molecule has 0 atom stereocenters. The van der Waals surface area contributed by atoms with Gasteiger partial charge in [-0.25, -0.2) is 0 Å². The largest absolute Gasteiger partial charge is 0.443 e. The van der Waals surface area contributed by atoms with E-state index in [1.54, 1.807) is 0 Å². The van der Waals surface area contributed by atoms with Crippen molar-refractivity contribution < 1.29 is 27.9 Å². The molecule has 1 aromatic carbocycles. The van der Waals surface area contributed by atoms with Gasteiger partial charge in [0.1, 0.15) is 0 Å². The first-order valence-corrected chi connectivity index (χ1v) is 6.66. The standard InChI is InChI=1S/C14H14F3N3O3/c1-2-11-19-12(23-20-11)9-5-3-8(4-6-9)10(18)7-13(21,22)14(15,16)17/h3-6,18,21-22H,2,7H2,1H3. The second-order valence-corrected chi connectivity index (χ2v) is 4.92. The molecule has 0 aliphatic heterocycles. The predicted octanol–water partition coefficient (Wildman–Crippen LogP) is 2.30. The van der Waals surface area contributed by atoms with Crippen molar-refractivity contribution in [2.45, 2.75) is 31.7 Å². The van der Waals surface area contributed by atoms with Gasteiger partial charge >= 0.3 is 6.18 Å². The molecule has 2 aromatic rings. The zero-order valence-corrected chi connectivity index (χ0v) is 12.1. The minimum absolute atomic E-state index is 0.126. The molecule has 0 bridgehead atoms. The average Bonchev–Trinajstić information content (AvgIpc) is 2.94. The fraction of sp³-hybridized carbons (Fsp3) is 0.357. The molecule has 0 radical (unpaired) electrons. The van der Waals surface area contributed by atoms with Gasteiger partial charge < -0.3 is 20.1 Å². The van der Waals surface area contributed by atoms with Crippen LogP contribution < -0.4 is 0 Å². The normalized spacial score (nSPS) is 12.4. The fourth-order valence-electron chi connectivity index (χ4n) is 1.78. The second-order valence-electron chi connectivity index (χ2n) is 4.92. The smallest absolute Gasteiger partial charge is 0.358 e. The van der Waals surface area contributed by atoms with Crippen molar-refractivity contribution in [1.82, 2.24) is 10.1 Å². The summed E-state index contributed by atoms with van der Waals surface area (Å²) in [7, 11) is 0. The summed E-state index contributed by atoms with van der Waals surface area (Å²) < 4.78 is 42.2. The van der Waals surface area contributed by atoms with E-state index < -0.39 is 24.1 Å². The Morgan fingerprint density at radius 1 is 1.22 bits per heavy atom. The molecule has 0 fully saturated rings. The monoisotopic (exact) mass is 329 g/mol. The molecule has 9 heteroatoms. The lowest BCUT2D eigenvalue weighted by molar-refractivity contribution is -0.344. The molecular formula is C14H14F3N3O3. The Kier molecular flexibility index (Phi) is 4.53. The fourth-order valence-corrected chi connectivity index (χ4v) is 1.78. The van der Waals surface area contributed by atoms with Crippen LogP contribution >= 0.6 is 0 Å². The van der Waals surface area contributed by atoms with Crippen molar-refractivity contribution >= 4 is 5.71 Å². The Morgan fingerprint density at radius 2 is 1.83 bits per heavy atom. The first-order chi connectivity index (χ1) is 10.6. The number of nitrogens with zero attached hydrogens (tertiary/aromatic N) is 2. The third kappa shape index (κ3) is 3.74. The van der Waals surface area contributed by atoms with E-state index in [1.165, 1.54) is 24.3 Å². The van der Waals surface area contributed by atoms with Crippen LogP contribution in [0.3, 0.4) is 0 Å². The van der Waals surface area contributed by atoms with Gasteiger partial charge in [0.05, 0.1) is 6.42 Å². The van der Waals surface area contributed by atoms with E-state index in [4.69, 9.17) is 20.1 Å². The highest BCUT2D eigenvalue weighted by atomic mass is 19.4. The maximum Gasteiger partial charge on any atom is 0.443 e. The summed E-state index contributed by atoms with van der Waals surface area (Å²) in [6.07, 6.45) is -5.91. The number of hydrogen-bond donors (Lipinski definition) is 3. The molecular weight excluding hydrogens is 315 g/mol.